The standard InChI is InChI=1S/C13H17FN2O2/c1-15-10-5-6-16(8-10)13(17)9-3-4-11(14)12(7-9)18-2/h3-4,7,10,15H,5-6,8H2,1-2H3. The highest BCUT2D eigenvalue weighted by atomic mass is 19.1. The van der Waals surface area contributed by atoms with E-state index in [0.29, 0.717) is 18.2 Å². The molecule has 4 nitrogen and oxygen atoms in total. The van der Waals surface area contributed by atoms with Gasteiger partial charge in [-0.1, -0.05) is 0 Å². The first-order valence-electron chi connectivity index (χ1n) is 5.95. The molecule has 1 amide bonds. The van der Waals surface area contributed by atoms with Gasteiger partial charge in [0.1, 0.15) is 0 Å². The Labute approximate surface area is 106 Å². The number of carbonyl (C=O) groups excluding carboxylic acids is 1. The molecule has 1 aromatic carbocycles. The van der Waals surface area contributed by atoms with Crippen molar-refractivity contribution >= 4 is 5.91 Å². The molecule has 0 aromatic heterocycles. The number of nitrogens with zero attached hydrogens (tertiary/aromatic N) is 1. The van der Waals surface area contributed by atoms with E-state index in [1.807, 2.05) is 7.05 Å². The maximum atomic E-state index is 13.3. The number of ether oxygens (including phenoxy) is 1. The fourth-order valence-corrected chi connectivity index (χ4v) is 2.16. The van der Waals surface area contributed by atoms with Gasteiger partial charge in [-0.15, -0.1) is 0 Å². The number of amides is 1. The van der Waals surface area contributed by atoms with Gasteiger partial charge in [-0.3, -0.25) is 4.79 Å². The quantitative estimate of drug-likeness (QED) is 0.880. The van der Waals surface area contributed by atoms with Crippen LogP contribution < -0.4 is 10.1 Å². The molecule has 1 saturated heterocycles. The van der Waals surface area contributed by atoms with E-state index >= 15 is 0 Å². The summed E-state index contributed by atoms with van der Waals surface area (Å²) in [5, 5.41) is 3.15. The number of methoxy groups -OCH3 is 1. The SMILES string of the molecule is CNC1CCN(C(=O)c2ccc(F)c(OC)c2)C1. The van der Waals surface area contributed by atoms with Crippen molar-refractivity contribution in [3.05, 3.63) is 29.6 Å². The smallest absolute Gasteiger partial charge is 0.254 e. The number of rotatable bonds is 3. The molecule has 1 heterocycles. The molecule has 0 radical (unpaired) electrons. The van der Waals surface area contributed by atoms with Gasteiger partial charge in [0, 0.05) is 24.7 Å². The molecule has 0 bridgehead atoms. The second-order valence-electron chi connectivity index (χ2n) is 4.37. The van der Waals surface area contributed by atoms with Gasteiger partial charge >= 0.3 is 0 Å². The van der Waals surface area contributed by atoms with Gasteiger partial charge in [-0.2, -0.15) is 0 Å². The Hall–Kier alpha value is -1.62. The Morgan fingerprint density at radius 1 is 1.56 bits per heavy atom. The molecule has 1 aliphatic heterocycles. The van der Waals surface area contributed by atoms with E-state index in [1.54, 1.807) is 4.90 Å². The van der Waals surface area contributed by atoms with Gasteiger partial charge < -0.3 is 15.0 Å². The number of likely N-dealkylation sites (tertiary alicyclic amines) is 1. The molecule has 0 spiro atoms. The lowest BCUT2D eigenvalue weighted by molar-refractivity contribution is 0.0789. The molecule has 18 heavy (non-hydrogen) atoms. The summed E-state index contributed by atoms with van der Waals surface area (Å²) in [7, 11) is 3.28. The van der Waals surface area contributed by atoms with E-state index in [-0.39, 0.29) is 11.7 Å². The molecule has 98 valence electrons. The fraction of sp³-hybridized carbons (Fsp3) is 0.462. The number of hydrogen-bond acceptors (Lipinski definition) is 3. The van der Waals surface area contributed by atoms with Crippen LogP contribution in [0.4, 0.5) is 4.39 Å². The summed E-state index contributed by atoms with van der Waals surface area (Å²) in [6, 6.07) is 4.55. The summed E-state index contributed by atoms with van der Waals surface area (Å²) in [6.45, 7) is 1.42. The summed E-state index contributed by atoms with van der Waals surface area (Å²) in [4.78, 5) is 14.0. The minimum atomic E-state index is -0.455. The Balaban J connectivity index is 2.14. The highest BCUT2D eigenvalue weighted by Crippen LogP contribution is 2.20. The van der Waals surface area contributed by atoms with Crippen LogP contribution in [0.1, 0.15) is 16.8 Å². The fourth-order valence-electron chi connectivity index (χ4n) is 2.16. The minimum absolute atomic E-state index is 0.0777. The highest BCUT2D eigenvalue weighted by Gasteiger charge is 2.26. The summed E-state index contributed by atoms with van der Waals surface area (Å²) >= 11 is 0. The van der Waals surface area contributed by atoms with Gasteiger partial charge in [0.05, 0.1) is 7.11 Å². The average Bonchev–Trinajstić information content (AvgIpc) is 2.87. The molecule has 1 aliphatic rings. The van der Waals surface area contributed by atoms with Crippen LogP contribution in [0, 0.1) is 5.82 Å². The van der Waals surface area contributed by atoms with E-state index in [2.05, 4.69) is 5.32 Å². The molecule has 0 aliphatic carbocycles. The van der Waals surface area contributed by atoms with Gasteiger partial charge in [-0.05, 0) is 31.7 Å². The second-order valence-corrected chi connectivity index (χ2v) is 4.37. The molecular formula is C13H17FN2O2. The Morgan fingerprint density at radius 3 is 2.94 bits per heavy atom. The third kappa shape index (κ3) is 2.46. The lowest BCUT2D eigenvalue weighted by atomic mass is 10.2. The van der Waals surface area contributed by atoms with E-state index in [1.165, 1.54) is 25.3 Å². The Bertz CT molecular complexity index is 451. The zero-order valence-corrected chi connectivity index (χ0v) is 10.6. The minimum Gasteiger partial charge on any atom is -0.494 e. The predicted molar refractivity (Wildman–Crippen MR) is 66.3 cm³/mol. The summed E-state index contributed by atoms with van der Waals surface area (Å²) in [6.07, 6.45) is 0.945. The highest BCUT2D eigenvalue weighted by molar-refractivity contribution is 5.94. The van der Waals surface area contributed by atoms with Crippen molar-refractivity contribution in [2.75, 3.05) is 27.2 Å². The zero-order valence-electron chi connectivity index (χ0n) is 10.6. The number of halogens is 1. The van der Waals surface area contributed by atoms with Gasteiger partial charge in [0.25, 0.3) is 5.91 Å². The topological polar surface area (TPSA) is 41.6 Å². The lowest BCUT2D eigenvalue weighted by Crippen LogP contribution is -2.33. The second kappa shape index (κ2) is 5.35. The van der Waals surface area contributed by atoms with Crippen LogP contribution in [0.2, 0.25) is 0 Å². The monoisotopic (exact) mass is 252 g/mol. The molecule has 1 unspecified atom stereocenters. The van der Waals surface area contributed by atoms with E-state index in [0.717, 1.165) is 13.0 Å². The van der Waals surface area contributed by atoms with Gasteiger partial charge in [-0.25, -0.2) is 4.39 Å². The van der Waals surface area contributed by atoms with Crippen LogP contribution in [0.25, 0.3) is 0 Å². The van der Waals surface area contributed by atoms with Crippen LogP contribution in [0.5, 0.6) is 5.75 Å². The van der Waals surface area contributed by atoms with Crippen molar-refractivity contribution in [1.29, 1.82) is 0 Å². The van der Waals surface area contributed by atoms with Gasteiger partial charge in [0.15, 0.2) is 11.6 Å². The number of hydrogen-bond donors (Lipinski definition) is 1. The van der Waals surface area contributed by atoms with Crippen LogP contribution in [0.3, 0.4) is 0 Å². The summed E-state index contributed by atoms with van der Waals surface area (Å²) < 4.78 is 18.1. The molecule has 1 fully saturated rings. The van der Waals surface area contributed by atoms with Crippen molar-refractivity contribution in [2.24, 2.45) is 0 Å². The molecule has 0 saturated carbocycles. The molecule has 1 atom stereocenters. The van der Waals surface area contributed by atoms with E-state index in [4.69, 9.17) is 4.74 Å². The first kappa shape index (κ1) is 12.8. The summed E-state index contributed by atoms with van der Waals surface area (Å²) in [5.41, 5.74) is 0.463. The Kier molecular flexibility index (Phi) is 3.81. The number of benzene rings is 1. The van der Waals surface area contributed by atoms with Crippen LogP contribution in [-0.4, -0.2) is 44.1 Å². The maximum absolute atomic E-state index is 13.3. The van der Waals surface area contributed by atoms with Crippen molar-refractivity contribution in [3.63, 3.8) is 0 Å². The largest absolute Gasteiger partial charge is 0.494 e. The predicted octanol–water partition coefficient (Wildman–Crippen LogP) is 1.27. The first-order chi connectivity index (χ1) is 8.65. The van der Waals surface area contributed by atoms with Crippen molar-refractivity contribution < 1.29 is 13.9 Å². The molecule has 5 heteroatoms. The van der Waals surface area contributed by atoms with Crippen LogP contribution in [-0.2, 0) is 0 Å². The van der Waals surface area contributed by atoms with Crippen molar-refractivity contribution in [3.8, 4) is 5.75 Å². The number of nitrogens with one attached hydrogen (secondary N) is 1. The number of likely N-dealkylation sites (N-methyl/N-ethyl adjacent to an activating group) is 1. The molecular weight excluding hydrogens is 235 g/mol. The summed E-state index contributed by atoms with van der Waals surface area (Å²) in [5.74, 6) is -0.431. The van der Waals surface area contributed by atoms with Crippen LogP contribution in [0.15, 0.2) is 18.2 Å². The molecule has 2 rings (SSSR count). The zero-order chi connectivity index (χ0) is 13.1. The molecule has 1 aromatic rings. The number of carbonyl (C=O) groups is 1. The van der Waals surface area contributed by atoms with Gasteiger partial charge in [0.2, 0.25) is 0 Å². The maximum Gasteiger partial charge on any atom is 0.254 e. The normalized spacial score (nSPS) is 19.1. The van der Waals surface area contributed by atoms with Crippen LogP contribution >= 0.6 is 0 Å². The van der Waals surface area contributed by atoms with E-state index < -0.39 is 5.82 Å². The lowest BCUT2D eigenvalue weighted by Gasteiger charge is -2.17. The van der Waals surface area contributed by atoms with E-state index in [9.17, 15) is 9.18 Å². The first-order valence-corrected chi connectivity index (χ1v) is 5.95. The van der Waals surface area contributed by atoms with Crippen molar-refractivity contribution in [1.82, 2.24) is 10.2 Å². The third-order valence-electron chi connectivity index (χ3n) is 3.28. The average molecular weight is 252 g/mol. The Morgan fingerprint density at radius 2 is 2.33 bits per heavy atom. The van der Waals surface area contributed by atoms with Crippen molar-refractivity contribution in [2.45, 2.75) is 12.5 Å². The molecule has 1 N–H and O–H groups in total. The third-order valence-corrected chi connectivity index (χ3v) is 3.28.